The van der Waals surface area contributed by atoms with E-state index in [9.17, 15) is 60.0 Å². The maximum Gasteiger partial charge on any atom is 0.335 e. The van der Waals surface area contributed by atoms with Crippen molar-refractivity contribution < 1.29 is 79.0 Å². The fraction of sp³-hybridized carbons (Fsp3) is 0.857. The highest BCUT2D eigenvalue weighted by Gasteiger charge is 2.71. The Kier molecular flexibility index (Phi) is 10.7. The van der Waals surface area contributed by atoms with E-state index in [1.54, 1.807) is 0 Å². The summed E-state index contributed by atoms with van der Waals surface area (Å²) < 4.78 is 23.4. The molecule has 16 heteroatoms. The van der Waals surface area contributed by atoms with Gasteiger partial charge in [0.05, 0.1) is 11.5 Å². The number of ketones is 1. The smallest absolute Gasteiger partial charge is 0.335 e. The zero-order valence-corrected chi connectivity index (χ0v) is 34.4. The number of carboxylic acids is 3. The van der Waals surface area contributed by atoms with Gasteiger partial charge in [0.1, 0.15) is 36.6 Å². The van der Waals surface area contributed by atoms with Gasteiger partial charge in [0.2, 0.25) is 0 Å². The van der Waals surface area contributed by atoms with Gasteiger partial charge in [-0.2, -0.15) is 0 Å². The second kappa shape index (κ2) is 14.3. The molecule has 5 aliphatic carbocycles. The van der Waals surface area contributed by atoms with Crippen molar-refractivity contribution in [1.29, 1.82) is 0 Å². The minimum atomic E-state index is -2.05. The van der Waals surface area contributed by atoms with Crippen LogP contribution in [-0.4, -0.2) is 132 Å². The van der Waals surface area contributed by atoms with Crippen molar-refractivity contribution in [2.24, 2.45) is 50.2 Å². The van der Waals surface area contributed by atoms with E-state index >= 15 is 0 Å². The van der Waals surface area contributed by atoms with Gasteiger partial charge < -0.3 is 59.8 Å². The molecule has 0 spiro atoms. The molecule has 7 aliphatic rings. The molecule has 0 aromatic rings. The number of aliphatic carboxylic acids is 3. The maximum absolute atomic E-state index is 14.8. The number of carboxylic acid groups (broad SMARTS) is 3. The van der Waals surface area contributed by atoms with E-state index in [0.29, 0.717) is 25.7 Å². The van der Waals surface area contributed by atoms with Crippen LogP contribution in [0.4, 0.5) is 0 Å². The van der Waals surface area contributed by atoms with Crippen LogP contribution in [0.15, 0.2) is 11.6 Å². The minimum absolute atomic E-state index is 0.0217. The Morgan fingerprint density at radius 1 is 0.690 bits per heavy atom. The number of carbonyl (C=O) groups is 4. The van der Waals surface area contributed by atoms with Gasteiger partial charge >= 0.3 is 17.9 Å². The van der Waals surface area contributed by atoms with E-state index in [1.807, 2.05) is 26.8 Å². The summed E-state index contributed by atoms with van der Waals surface area (Å²) in [5.74, 6) is -4.47. The lowest BCUT2D eigenvalue weighted by atomic mass is 9.33. The largest absolute Gasteiger partial charge is 0.481 e. The van der Waals surface area contributed by atoms with Gasteiger partial charge in [0.25, 0.3) is 0 Å². The summed E-state index contributed by atoms with van der Waals surface area (Å²) in [6.07, 6.45) is -12.2. The first-order chi connectivity index (χ1) is 26.8. The Balaban J connectivity index is 1.17. The molecule has 2 saturated heterocycles. The molecule has 2 heterocycles. The maximum atomic E-state index is 14.8. The lowest BCUT2D eigenvalue weighted by Crippen LogP contribution is -2.68. The molecular weight excluding hydrogens is 760 g/mol. The van der Waals surface area contributed by atoms with E-state index in [1.165, 1.54) is 0 Å². The first-order valence-corrected chi connectivity index (χ1v) is 20.7. The van der Waals surface area contributed by atoms with Crippen LogP contribution >= 0.6 is 0 Å². The number of rotatable bonds is 7. The normalized spacial score (nSPS) is 52.6. The molecule has 16 nitrogen and oxygen atoms in total. The van der Waals surface area contributed by atoms with Crippen LogP contribution in [0.3, 0.4) is 0 Å². The molecule has 58 heavy (non-hydrogen) atoms. The summed E-state index contributed by atoms with van der Waals surface area (Å²) in [7, 11) is 0. The Bertz CT molecular complexity index is 1730. The second-order valence-corrected chi connectivity index (χ2v) is 20.6. The van der Waals surface area contributed by atoms with Crippen LogP contribution in [0.1, 0.15) is 106 Å². The molecule has 19 atom stereocenters. The lowest BCUT2D eigenvalue weighted by Gasteiger charge is -2.70. The fourth-order valence-corrected chi connectivity index (χ4v) is 13.4. The molecule has 1 unspecified atom stereocenters. The first kappa shape index (κ1) is 43.5. The van der Waals surface area contributed by atoms with Crippen LogP contribution in [0, 0.1) is 50.2 Å². The number of aliphatic hydroxyl groups excluding tert-OH is 5. The van der Waals surface area contributed by atoms with Gasteiger partial charge in [-0.3, -0.25) is 9.59 Å². The Morgan fingerprint density at radius 2 is 1.28 bits per heavy atom. The summed E-state index contributed by atoms with van der Waals surface area (Å²) in [5, 5.41) is 83.0. The molecule has 0 amide bonds. The van der Waals surface area contributed by atoms with E-state index in [-0.39, 0.29) is 34.4 Å². The third-order valence-electron chi connectivity index (χ3n) is 17.2. The molecule has 7 rings (SSSR count). The van der Waals surface area contributed by atoms with E-state index in [4.69, 9.17) is 18.9 Å². The molecule has 326 valence electrons. The van der Waals surface area contributed by atoms with Gasteiger partial charge in [0, 0.05) is 5.92 Å². The van der Waals surface area contributed by atoms with E-state index in [0.717, 1.165) is 37.7 Å². The van der Waals surface area contributed by atoms with Gasteiger partial charge in [-0.05, 0) is 110 Å². The van der Waals surface area contributed by atoms with E-state index < -0.39 is 107 Å². The second-order valence-electron chi connectivity index (χ2n) is 20.6. The van der Waals surface area contributed by atoms with Crippen molar-refractivity contribution in [1.82, 2.24) is 0 Å². The number of carbonyl (C=O) groups excluding carboxylic acids is 1. The highest BCUT2D eigenvalue weighted by atomic mass is 16.8. The van der Waals surface area contributed by atoms with Crippen LogP contribution < -0.4 is 0 Å². The lowest BCUT2D eigenvalue weighted by molar-refractivity contribution is -0.371. The highest BCUT2D eigenvalue weighted by molar-refractivity contribution is 5.95. The summed E-state index contributed by atoms with van der Waals surface area (Å²) in [5.41, 5.74) is -1.81. The topological polar surface area (TPSA) is 267 Å². The minimum Gasteiger partial charge on any atom is -0.481 e. The van der Waals surface area contributed by atoms with Crippen molar-refractivity contribution in [2.75, 3.05) is 0 Å². The fourth-order valence-electron chi connectivity index (χ4n) is 13.4. The molecule has 4 saturated carbocycles. The number of allylic oxidation sites excluding steroid dienone is 2. The molecule has 0 aromatic carbocycles. The third-order valence-corrected chi connectivity index (χ3v) is 17.2. The van der Waals surface area contributed by atoms with Crippen molar-refractivity contribution in [2.45, 2.75) is 174 Å². The molecule has 2 aliphatic heterocycles. The quantitative estimate of drug-likeness (QED) is 0.171. The number of hydrogen-bond donors (Lipinski definition) is 8. The predicted octanol–water partition coefficient (Wildman–Crippen LogP) is 2.25. The molecule has 0 radical (unpaired) electrons. The van der Waals surface area contributed by atoms with Gasteiger partial charge in [-0.1, -0.05) is 47.1 Å². The Morgan fingerprint density at radius 3 is 1.88 bits per heavy atom. The zero-order valence-electron chi connectivity index (χ0n) is 34.4. The number of aliphatic hydroxyl groups is 5. The SMILES string of the molecule is CC1(C)[C@@H](O[C@H]2OC(C(=O)O)[C@@H](O)[C@H](O)[C@H]2O[C@H]2O[C@@H](C(=O)O)[C@H](O)[C@@H](O)[C@@H]2O)CC[C@]2(C)[C@H]3C(=O)C=C4[C@@H]5C[C@@](C)(C(=O)O)CC[C@]5(C)CC[C@@]4(C)[C@]3(C)CC[C@@H]12. The number of hydrogen-bond acceptors (Lipinski definition) is 13. The highest BCUT2D eigenvalue weighted by Crippen LogP contribution is 2.75. The number of ether oxygens (including phenoxy) is 4. The van der Waals surface area contributed by atoms with E-state index in [2.05, 4.69) is 27.7 Å². The number of fused-ring (bicyclic) bond motifs is 7. The van der Waals surface area contributed by atoms with Crippen LogP contribution in [0.5, 0.6) is 0 Å². The van der Waals surface area contributed by atoms with Gasteiger partial charge in [-0.15, -0.1) is 0 Å². The third kappa shape index (κ3) is 6.25. The van der Waals surface area contributed by atoms with Gasteiger partial charge in [0.15, 0.2) is 30.6 Å². The van der Waals surface area contributed by atoms with Crippen LogP contribution in [0.25, 0.3) is 0 Å². The average Bonchev–Trinajstić information content (AvgIpc) is 3.13. The summed E-state index contributed by atoms with van der Waals surface area (Å²) in [6.45, 7) is 14.8. The average molecular weight is 823 g/mol. The zero-order chi connectivity index (χ0) is 42.9. The summed E-state index contributed by atoms with van der Waals surface area (Å²) >= 11 is 0. The summed E-state index contributed by atoms with van der Waals surface area (Å²) in [6, 6.07) is 0. The molecular formula is C42H62O16. The Labute approximate surface area is 337 Å². The molecule has 0 aromatic heterocycles. The van der Waals surface area contributed by atoms with Crippen molar-refractivity contribution in [3.05, 3.63) is 11.6 Å². The molecule has 8 N–H and O–H groups in total. The molecule has 6 fully saturated rings. The predicted molar refractivity (Wildman–Crippen MR) is 199 cm³/mol. The monoisotopic (exact) mass is 822 g/mol. The molecule has 0 bridgehead atoms. The first-order valence-electron chi connectivity index (χ1n) is 20.7. The Hall–Kier alpha value is -2.54. The van der Waals surface area contributed by atoms with Crippen molar-refractivity contribution in [3.63, 3.8) is 0 Å². The van der Waals surface area contributed by atoms with Gasteiger partial charge in [-0.25, -0.2) is 9.59 Å². The summed E-state index contributed by atoms with van der Waals surface area (Å²) in [4.78, 5) is 51.3. The van der Waals surface area contributed by atoms with Crippen LogP contribution in [0.2, 0.25) is 0 Å². The van der Waals surface area contributed by atoms with Crippen molar-refractivity contribution in [3.8, 4) is 0 Å². The van der Waals surface area contributed by atoms with Crippen LogP contribution in [-0.2, 0) is 38.1 Å². The standard InChI is InChI=1S/C42H62O16/c1-37(2)21-8-11-42(7)31(20(43)16-18-19-17-39(4,36(53)54)13-12-38(19,3)14-15-41(18,42)6)40(21,5)10-9-22(37)55-35-30(26(47)25(46)29(57-35)33(51)52)58-34-27(48)23(44)24(45)28(56-34)32(49)50/h16,19,21-31,34-35,44-48H,8-15,17H2,1-7H3,(H,49,50)(H,51,52)(H,53,54)/t19-,21-,22-,23+,24+,25-,26-,27-,28+,29?,30+,31+,34+,35-,38+,39-,40-,41+,42+/m0/s1. The van der Waals surface area contributed by atoms with Crippen molar-refractivity contribution >= 4 is 23.7 Å².